The minimum Gasteiger partial charge on any atom is -0.462 e. The van der Waals surface area contributed by atoms with Crippen molar-refractivity contribution in [3.63, 3.8) is 0 Å². The van der Waals surface area contributed by atoms with Crippen molar-refractivity contribution < 1.29 is 23.5 Å². The molecule has 0 atom stereocenters. The van der Waals surface area contributed by atoms with Crippen molar-refractivity contribution in [2.75, 3.05) is 11.5 Å². The van der Waals surface area contributed by atoms with Gasteiger partial charge in [-0.3, -0.25) is 14.7 Å². The maximum absolute atomic E-state index is 13.4. The molecule has 8 nitrogen and oxygen atoms in total. The van der Waals surface area contributed by atoms with Crippen LogP contribution >= 0.6 is 0 Å². The molecule has 1 N–H and O–H groups in total. The van der Waals surface area contributed by atoms with Crippen molar-refractivity contribution in [2.24, 2.45) is 0 Å². The standard InChI is InChI=1S/C23H15FN4O4/c1-2-32-23(31)13-5-9-15(10-6-13)28-21(29)16-11-25-20-18(17(16)22(28)30)19(26-27-20)12-3-7-14(24)8-4-12/h3-11H,2H2,1H3,(H,25,26,27). The summed E-state index contributed by atoms with van der Waals surface area (Å²) in [7, 11) is 0. The van der Waals surface area contributed by atoms with E-state index in [4.69, 9.17) is 4.74 Å². The van der Waals surface area contributed by atoms with E-state index in [-0.39, 0.29) is 23.4 Å². The van der Waals surface area contributed by atoms with Crippen molar-refractivity contribution in [1.29, 1.82) is 0 Å². The normalized spacial score (nSPS) is 13.0. The quantitative estimate of drug-likeness (QED) is 0.391. The van der Waals surface area contributed by atoms with Gasteiger partial charge in [-0.25, -0.2) is 19.1 Å². The minimum absolute atomic E-state index is 0.140. The zero-order valence-electron chi connectivity index (χ0n) is 16.8. The van der Waals surface area contributed by atoms with E-state index in [1.54, 1.807) is 19.1 Å². The first kappa shape index (κ1) is 19.6. The summed E-state index contributed by atoms with van der Waals surface area (Å²) in [6.07, 6.45) is 1.32. The summed E-state index contributed by atoms with van der Waals surface area (Å²) in [6.45, 7) is 1.94. The van der Waals surface area contributed by atoms with Crippen molar-refractivity contribution in [3.05, 3.63) is 77.2 Å². The number of aromatic amines is 1. The lowest BCUT2D eigenvalue weighted by Crippen LogP contribution is -2.29. The molecule has 2 amide bonds. The zero-order valence-corrected chi connectivity index (χ0v) is 16.8. The van der Waals surface area contributed by atoms with E-state index >= 15 is 0 Å². The van der Waals surface area contributed by atoms with Crippen LogP contribution in [-0.2, 0) is 4.74 Å². The molecule has 0 aliphatic carbocycles. The Bertz CT molecular complexity index is 1390. The molecule has 4 aromatic rings. The highest BCUT2D eigenvalue weighted by atomic mass is 19.1. The fraction of sp³-hybridized carbons (Fsp3) is 0.0870. The average molecular weight is 430 g/mol. The minimum atomic E-state index is -0.536. The average Bonchev–Trinajstić information content (AvgIpc) is 3.33. The van der Waals surface area contributed by atoms with Gasteiger partial charge < -0.3 is 4.74 Å². The van der Waals surface area contributed by atoms with Gasteiger partial charge in [0, 0.05) is 11.8 Å². The lowest BCUT2D eigenvalue weighted by Gasteiger charge is -2.14. The number of rotatable bonds is 4. The lowest BCUT2D eigenvalue weighted by atomic mass is 10.0. The van der Waals surface area contributed by atoms with E-state index in [1.807, 2.05) is 0 Å². The van der Waals surface area contributed by atoms with Crippen LogP contribution in [0.2, 0.25) is 0 Å². The highest BCUT2D eigenvalue weighted by molar-refractivity contribution is 6.38. The van der Waals surface area contributed by atoms with Crippen molar-refractivity contribution in [2.45, 2.75) is 6.92 Å². The van der Waals surface area contributed by atoms with Crippen LogP contribution in [0.1, 0.15) is 38.0 Å². The number of ether oxygens (including phenoxy) is 1. The number of nitrogens with one attached hydrogen (secondary N) is 1. The van der Waals surface area contributed by atoms with Gasteiger partial charge in [0.1, 0.15) is 5.82 Å². The van der Waals surface area contributed by atoms with Crippen molar-refractivity contribution >= 4 is 34.5 Å². The van der Waals surface area contributed by atoms with E-state index in [9.17, 15) is 18.8 Å². The predicted octanol–water partition coefficient (Wildman–Crippen LogP) is 3.74. The number of hydrogen-bond donors (Lipinski definition) is 1. The maximum Gasteiger partial charge on any atom is 0.338 e. The summed E-state index contributed by atoms with van der Waals surface area (Å²) in [5.74, 6) is -1.96. The molecule has 158 valence electrons. The number of fused-ring (bicyclic) bond motifs is 3. The van der Waals surface area contributed by atoms with Crippen molar-refractivity contribution in [1.82, 2.24) is 15.2 Å². The van der Waals surface area contributed by atoms with Crippen LogP contribution in [-0.4, -0.2) is 39.6 Å². The smallest absolute Gasteiger partial charge is 0.338 e. The van der Waals surface area contributed by atoms with E-state index in [2.05, 4.69) is 15.2 Å². The molecule has 0 unspecified atom stereocenters. The Labute approximate surface area is 180 Å². The van der Waals surface area contributed by atoms with Crippen LogP contribution in [0.25, 0.3) is 22.3 Å². The van der Waals surface area contributed by atoms with Gasteiger partial charge in [-0.15, -0.1) is 0 Å². The van der Waals surface area contributed by atoms with Gasteiger partial charge in [0.2, 0.25) is 0 Å². The fourth-order valence-electron chi connectivity index (χ4n) is 3.72. The molecule has 2 aromatic carbocycles. The number of amides is 2. The summed E-state index contributed by atoms with van der Waals surface area (Å²) >= 11 is 0. The molecule has 0 fully saturated rings. The number of aromatic nitrogens is 3. The number of imide groups is 1. The highest BCUT2D eigenvalue weighted by Gasteiger charge is 2.40. The zero-order chi connectivity index (χ0) is 22.4. The van der Waals surface area contributed by atoms with Gasteiger partial charge in [-0.1, -0.05) is 0 Å². The Balaban J connectivity index is 1.59. The Morgan fingerprint density at radius 1 is 1.06 bits per heavy atom. The van der Waals surface area contributed by atoms with Gasteiger partial charge in [0.05, 0.1) is 40.1 Å². The molecular formula is C23H15FN4O4. The third-order valence-electron chi connectivity index (χ3n) is 5.20. The van der Waals surface area contributed by atoms with Gasteiger partial charge in [0.25, 0.3) is 11.8 Å². The van der Waals surface area contributed by atoms with Crippen LogP contribution in [0.3, 0.4) is 0 Å². The molecule has 3 heterocycles. The molecule has 0 spiro atoms. The number of hydrogen-bond acceptors (Lipinski definition) is 6. The highest BCUT2D eigenvalue weighted by Crippen LogP contribution is 2.36. The first-order valence-electron chi connectivity index (χ1n) is 9.78. The van der Waals surface area contributed by atoms with E-state index in [0.717, 1.165) is 4.90 Å². The van der Waals surface area contributed by atoms with Crippen LogP contribution in [0.15, 0.2) is 54.7 Å². The number of anilines is 1. The first-order valence-corrected chi connectivity index (χ1v) is 9.78. The summed E-state index contributed by atoms with van der Waals surface area (Å²) in [6, 6.07) is 11.7. The monoisotopic (exact) mass is 430 g/mol. The molecular weight excluding hydrogens is 415 g/mol. The second-order valence-electron chi connectivity index (χ2n) is 7.06. The Kier molecular flexibility index (Phi) is 4.51. The Hall–Kier alpha value is -4.40. The molecule has 1 aliphatic heterocycles. The number of benzene rings is 2. The third kappa shape index (κ3) is 2.94. The Morgan fingerprint density at radius 2 is 1.78 bits per heavy atom. The van der Waals surface area contributed by atoms with Gasteiger partial charge >= 0.3 is 5.97 Å². The largest absolute Gasteiger partial charge is 0.462 e. The lowest BCUT2D eigenvalue weighted by molar-refractivity contribution is 0.0526. The fourth-order valence-corrected chi connectivity index (χ4v) is 3.72. The molecule has 32 heavy (non-hydrogen) atoms. The van der Waals surface area contributed by atoms with Gasteiger partial charge in [0.15, 0.2) is 5.65 Å². The molecule has 9 heteroatoms. The first-order chi connectivity index (χ1) is 15.5. The van der Waals surface area contributed by atoms with Gasteiger partial charge in [-0.05, 0) is 55.5 Å². The number of nitrogens with zero attached hydrogens (tertiary/aromatic N) is 3. The number of carbonyl (C=O) groups excluding carboxylic acids is 3. The number of esters is 1. The predicted molar refractivity (Wildman–Crippen MR) is 113 cm³/mol. The summed E-state index contributed by atoms with van der Waals surface area (Å²) in [4.78, 5) is 43.6. The van der Waals surface area contributed by atoms with Crippen LogP contribution < -0.4 is 4.90 Å². The van der Waals surface area contributed by atoms with E-state index in [1.165, 1.54) is 42.6 Å². The topological polar surface area (TPSA) is 105 Å². The summed E-state index contributed by atoms with van der Waals surface area (Å²) in [5, 5.41) is 7.36. The second-order valence-corrected chi connectivity index (χ2v) is 7.06. The molecule has 0 radical (unpaired) electrons. The molecule has 0 saturated carbocycles. The molecule has 0 saturated heterocycles. The molecule has 5 rings (SSSR count). The summed E-state index contributed by atoms with van der Waals surface area (Å²) < 4.78 is 18.3. The second kappa shape index (κ2) is 7.38. The van der Waals surface area contributed by atoms with Crippen LogP contribution in [0, 0.1) is 5.82 Å². The Morgan fingerprint density at radius 3 is 2.47 bits per heavy atom. The number of H-pyrrole nitrogens is 1. The summed E-state index contributed by atoms with van der Waals surface area (Å²) in [5.41, 5.74) is 2.26. The molecule has 0 bridgehead atoms. The number of halogens is 1. The SMILES string of the molecule is CCOC(=O)c1ccc(N2C(=O)c3cnc4n[nH]c(-c5ccc(F)cc5)c4c3C2=O)cc1. The molecule has 2 aromatic heterocycles. The number of pyridine rings is 1. The number of carbonyl (C=O) groups is 3. The van der Waals surface area contributed by atoms with Crippen molar-refractivity contribution in [3.8, 4) is 11.3 Å². The van der Waals surface area contributed by atoms with Crippen LogP contribution in [0.5, 0.6) is 0 Å². The van der Waals surface area contributed by atoms with Gasteiger partial charge in [-0.2, -0.15) is 5.10 Å². The van der Waals surface area contributed by atoms with Crippen LogP contribution in [0.4, 0.5) is 10.1 Å². The van der Waals surface area contributed by atoms with E-state index < -0.39 is 23.6 Å². The van der Waals surface area contributed by atoms with E-state index in [0.29, 0.717) is 27.9 Å². The maximum atomic E-state index is 13.4. The third-order valence-corrected chi connectivity index (χ3v) is 5.20. The molecule has 1 aliphatic rings.